The Morgan fingerprint density at radius 2 is 2.05 bits per heavy atom. The fourth-order valence-corrected chi connectivity index (χ4v) is 3.17. The van der Waals surface area contributed by atoms with Gasteiger partial charge in [0.2, 0.25) is 0 Å². The maximum Gasteiger partial charge on any atom is 0.0863 e. The van der Waals surface area contributed by atoms with E-state index in [0.717, 1.165) is 48.5 Å². The van der Waals surface area contributed by atoms with Gasteiger partial charge in [0.05, 0.1) is 22.0 Å². The summed E-state index contributed by atoms with van der Waals surface area (Å²) in [6.45, 7) is 3.34. The van der Waals surface area contributed by atoms with E-state index in [4.69, 9.17) is 11.6 Å². The lowest BCUT2D eigenvalue weighted by Crippen LogP contribution is -2.42. The molecule has 0 aliphatic heterocycles. The largest absolute Gasteiger partial charge is 0.389 e. The number of aryl methyl sites for hydroxylation is 2. The minimum atomic E-state index is -0.531. The van der Waals surface area contributed by atoms with E-state index in [2.05, 4.69) is 17.3 Å². The summed E-state index contributed by atoms with van der Waals surface area (Å²) in [5.41, 5.74) is 1.41. The normalized spacial score (nSPS) is 18.7. The maximum absolute atomic E-state index is 10.4. The molecule has 19 heavy (non-hydrogen) atoms. The van der Waals surface area contributed by atoms with Crippen molar-refractivity contribution in [2.75, 3.05) is 6.54 Å². The molecule has 0 bridgehead atoms. The van der Waals surface area contributed by atoms with Gasteiger partial charge in [0.1, 0.15) is 0 Å². The molecule has 1 saturated carbocycles. The molecule has 1 fully saturated rings. The SMILES string of the molecule is CCc1nn(C)c(CNCC2(O)CCCCC2)c1Cl. The fourth-order valence-electron chi connectivity index (χ4n) is 2.81. The second kappa shape index (κ2) is 6.25. The summed E-state index contributed by atoms with van der Waals surface area (Å²) >= 11 is 6.30. The average molecular weight is 286 g/mol. The first-order valence-electron chi connectivity index (χ1n) is 7.19. The minimum absolute atomic E-state index is 0.531. The molecule has 5 heteroatoms. The molecular weight excluding hydrogens is 262 g/mol. The lowest BCUT2D eigenvalue weighted by molar-refractivity contribution is 0.00456. The molecule has 2 rings (SSSR count). The molecular formula is C14H24ClN3O. The quantitative estimate of drug-likeness (QED) is 0.873. The van der Waals surface area contributed by atoms with Crippen molar-refractivity contribution in [1.29, 1.82) is 0 Å². The number of nitrogens with zero attached hydrogens (tertiary/aromatic N) is 2. The van der Waals surface area contributed by atoms with Gasteiger partial charge < -0.3 is 10.4 Å². The van der Waals surface area contributed by atoms with E-state index in [1.807, 2.05) is 11.7 Å². The first-order valence-corrected chi connectivity index (χ1v) is 7.57. The van der Waals surface area contributed by atoms with Crippen molar-refractivity contribution < 1.29 is 5.11 Å². The van der Waals surface area contributed by atoms with Crippen LogP contribution in [0.2, 0.25) is 5.02 Å². The van der Waals surface area contributed by atoms with E-state index in [9.17, 15) is 5.11 Å². The third-order valence-corrected chi connectivity index (χ3v) is 4.47. The number of nitrogens with one attached hydrogen (secondary N) is 1. The molecule has 1 aliphatic carbocycles. The van der Waals surface area contributed by atoms with Crippen molar-refractivity contribution in [2.45, 2.75) is 57.6 Å². The third kappa shape index (κ3) is 3.50. The number of aliphatic hydroxyl groups is 1. The van der Waals surface area contributed by atoms with Crippen LogP contribution in [0.1, 0.15) is 50.4 Å². The maximum atomic E-state index is 10.4. The van der Waals surface area contributed by atoms with Gasteiger partial charge in [0.25, 0.3) is 0 Å². The van der Waals surface area contributed by atoms with Crippen LogP contribution >= 0.6 is 11.6 Å². The van der Waals surface area contributed by atoms with Gasteiger partial charge >= 0.3 is 0 Å². The molecule has 0 aromatic carbocycles. The van der Waals surface area contributed by atoms with Crippen LogP contribution in [-0.2, 0) is 20.0 Å². The summed E-state index contributed by atoms with van der Waals surface area (Å²) in [5, 5.41) is 18.9. The van der Waals surface area contributed by atoms with Crippen LogP contribution in [0.4, 0.5) is 0 Å². The molecule has 1 aromatic rings. The zero-order valence-electron chi connectivity index (χ0n) is 11.9. The second-order valence-corrected chi connectivity index (χ2v) is 5.95. The summed E-state index contributed by atoms with van der Waals surface area (Å²) in [6.07, 6.45) is 6.15. The summed E-state index contributed by atoms with van der Waals surface area (Å²) < 4.78 is 1.83. The highest BCUT2D eigenvalue weighted by atomic mass is 35.5. The van der Waals surface area contributed by atoms with Crippen molar-refractivity contribution >= 4 is 11.6 Å². The molecule has 0 amide bonds. The third-order valence-electron chi connectivity index (χ3n) is 4.03. The number of rotatable bonds is 5. The molecule has 0 radical (unpaired) electrons. The van der Waals surface area contributed by atoms with Crippen LogP contribution in [0.15, 0.2) is 0 Å². The topological polar surface area (TPSA) is 50.1 Å². The Labute approximate surface area is 120 Å². The highest BCUT2D eigenvalue weighted by Crippen LogP contribution is 2.27. The molecule has 1 heterocycles. The lowest BCUT2D eigenvalue weighted by atomic mass is 9.85. The van der Waals surface area contributed by atoms with E-state index in [-0.39, 0.29) is 0 Å². The van der Waals surface area contributed by atoms with Gasteiger partial charge in [0.15, 0.2) is 0 Å². The Bertz CT molecular complexity index is 425. The molecule has 2 N–H and O–H groups in total. The van der Waals surface area contributed by atoms with E-state index in [1.165, 1.54) is 6.42 Å². The predicted octanol–water partition coefficient (Wildman–Crippen LogP) is 2.42. The number of hydrogen-bond donors (Lipinski definition) is 2. The first-order chi connectivity index (χ1) is 9.06. The molecule has 0 atom stereocenters. The van der Waals surface area contributed by atoms with Crippen molar-refractivity contribution in [3.63, 3.8) is 0 Å². The number of aromatic nitrogens is 2. The van der Waals surface area contributed by atoms with Crippen molar-refractivity contribution in [3.8, 4) is 0 Å². The lowest BCUT2D eigenvalue weighted by Gasteiger charge is -2.32. The summed E-state index contributed by atoms with van der Waals surface area (Å²) in [5.74, 6) is 0. The van der Waals surface area contributed by atoms with Crippen LogP contribution in [0.3, 0.4) is 0 Å². The highest BCUT2D eigenvalue weighted by Gasteiger charge is 2.28. The molecule has 0 spiro atoms. The molecule has 108 valence electrons. The minimum Gasteiger partial charge on any atom is -0.389 e. The van der Waals surface area contributed by atoms with Gasteiger partial charge in [-0.3, -0.25) is 4.68 Å². The van der Waals surface area contributed by atoms with Gasteiger partial charge in [-0.05, 0) is 19.3 Å². The van der Waals surface area contributed by atoms with E-state index < -0.39 is 5.60 Å². The van der Waals surface area contributed by atoms with Crippen molar-refractivity contribution in [3.05, 3.63) is 16.4 Å². The molecule has 0 saturated heterocycles. The van der Waals surface area contributed by atoms with Gasteiger partial charge in [-0.1, -0.05) is 37.8 Å². The molecule has 1 aromatic heterocycles. The molecule has 0 unspecified atom stereocenters. The first kappa shape index (κ1) is 14.8. The monoisotopic (exact) mass is 285 g/mol. The Morgan fingerprint density at radius 3 is 2.63 bits per heavy atom. The van der Waals surface area contributed by atoms with E-state index >= 15 is 0 Å². The summed E-state index contributed by atoms with van der Waals surface area (Å²) in [4.78, 5) is 0. The average Bonchev–Trinajstić information content (AvgIpc) is 2.66. The molecule has 1 aliphatic rings. The van der Waals surface area contributed by atoms with E-state index in [1.54, 1.807) is 0 Å². The van der Waals surface area contributed by atoms with Crippen molar-refractivity contribution in [1.82, 2.24) is 15.1 Å². The van der Waals surface area contributed by atoms with Crippen LogP contribution in [0.25, 0.3) is 0 Å². The second-order valence-electron chi connectivity index (χ2n) is 5.57. The molecule has 4 nitrogen and oxygen atoms in total. The van der Waals surface area contributed by atoms with E-state index in [0.29, 0.717) is 13.1 Å². The number of hydrogen-bond acceptors (Lipinski definition) is 3. The van der Waals surface area contributed by atoms with Crippen LogP contribution in [0, 0.1) is 0 Å². The smallest absolute Gasteiger partial charge is 0.0863 e. The van der Waals surface area contributed by atoms with Gasteiger partial charge in [-0.2, -0.15) is 5.10 Å². The summed E-state index contributed by atoms with van der Waals surface area (Å²) in [7, 11) is 1.91. The Kier molecular flexibility index (Phi) is 4.87. The van der Waals surface area contributed by atoms with Gasteiger partial charge in [-0.25, -0.2) is 0 Å². The Morgan fingerprint density at radius 1 is 1.37 bits per heavy atom. The Balaban J connectivity index is 1.90. The standard InChI is InChI=1S/C14H24ClN3O/c1-3-11-13(15)12(18(2)17-11)9-16-10-14(19)7-5-4-6-8-14/h16,19H,3-10H2,1-2H3. The van der Waals surface area contributed by atoms with Gasteiger partial charge in [-0.15, -0.1) is 0 Å². The van der Waals surface area contributed by atoms with Crippen LogP contribution < -0.4 is 5.32 Å². The highest BCUT2D eigenvalue weighted by molar-refractivity contribution is 6.31. The van der Waals surface area contributed by atoms with Crippen molar-refractivity contribution in [2.24, 2.45) is 7.05 Å². The predicted molar refractivity (Wildman–Crippen MR) is 77.3 cm³/mol. The zero-order valence-corrected chi connectivity index (χ0v) is 12.6. The zero-order chi connectivity index (χ0) is 13.9. The van der Waals surface area contributed by atoms with Gasteiger partial charge in [0, 0.05) is 20.1 Å². The fraction of sp³-hybridized carbons (Fsp3) is 0.786. The Hall–Kier alpha value is -0.580. The summed E-state index contributed by atoms with van der Waals surface area (Å²) in [6, 6.07) is 0. The van der Waals surface area contributed by atoms with Crippen LogP contribution in [0.5, 0.6) is 0 Å². The number of halogens is 1. The van der Waals surface area contributed by atoms with Crippen LogP contribution in [-0.4, -0.2) is 27.0 Å².